The first-order valence-electron chi connectivity index (χ1n) is 15.5. The number of likely N-dealkylation sites (tertiary alicyclic amines) is 2. The summed E-state index contributed by atoms with van der Waals surface area (Å²) in [5, 5.41) is 5.96. The lowest BCUT2D eigenvalue weighted by Gasteiger charge is -2.45. The third kappa shape index (κ3) is 6.23. The fourth-order valence-electron chi connectivity index (χ4n) is 6.93. The number of nitrogens with one attached hydrogen (secondary N) is 3. The summed E-state index contributed by atoms with van der Waals surface area (Å²) in [5.74, 6) is 5.69. The van der Waals surface area contributed by atoms with Crippen LogP contribution in [-0.4, -0.2) is 65.1 Å². The van der Waals surface area contributed by atoms with Crippen molar-refractivity contribution in [1.82, 2.24) is 20.1 Å². The third-order valence-electron chi connectivity index (χ3n) is 9.34. The molecular formula is C33H40N8O4. The van der Waals surface area contributed by atoms with Gasteiger partial charge in [0.2, 0.25) is 0 Å². The number of aryl methyl sites for hydroxylation is 1. The Kier molecular flexibility index (Phi) is 8.48. The average molecular weight is 613 g/mol. The molecule has 3 aliphatic rings. The fraction of sp³-hybridized carbons (Fsp3) is 0.394. The number of para-hydroxylation sites is 1. The van der Waals surface area contributed by atoms with Gasteiger partial charge < -0.3 is 36.3 Å². The maximum Gasteiger partial charge on any atom is 0.410 e. The van der Waals surface area contributed by atoms with Crippen LogP contribution < -0.4 is 27.6 Å². The predicted molar refractivity (Wildman–Crippen MR) is 171 cm³/mol. The Hall–Kier alpha value is -4.84. The minimum Gasteiger partial charge on any atom is -0.436 e. The summed E-state index contributed by atoms with van der Waals surface area (Å²) >= 11 is 0. The molecule has 2 fully saturated rings. The maximum atomic E-state index is 14.0. The summed E-state index contributed by atoms with van der Waals surface area (Å²) in [7, 11) is 0. The first-order valence-corrected chi connectivity index (χ1v) is 15.5. The number of aromatic nitrogens is 1. The van der Waals surface area contributed by atoms with Gasteiger partial charge in [0.15, 0.2) is 6.10 Å². The molecule has 12 nitrogen and oxygen atoms in total. The summed E-state index contributed by atoms with van der Waals surface area (Å²) in [4.78, 5) is 47.9. The lowest BCUT2D eigenvalue weighted by atomic mass is 9.79. The number of carbonyl (C=O) groups is 3. The molecule has 7 N–H and O–H groups in total. The van der Waals surface area contributed by atoms with Crippen molar-refractivity contribution in [3.8, 4) is 0 Å². The van der Waals surface area contributed by atoms with Gasteiger partial charge in [-0.2, -0.15) is 0 Å². The summed E-state index contributed by atoms with van der Waals surface area (Å²) in [6.07, 6.45) is 2.99. The topological polar surface area (TPSA) is 168 Å². The second-order valence-electron chi connectivity index (χ2n) is 12.1. The van der Waals surface area contributed by atoms with Crippen molar-refractivity contribution >= 4 is 35.1 Å². The van der Waals surface area contributed by atoms with Crippen LogP contribution in [0.5, 0.6) is 0 Å². The molecule has 6 rings (SSSR count). The minimum absolute atomic E-state index is 0.174. The molecule has 2 saturated heterocycles. The number of piperidine rings is 2. The monoisotopic (exact) mass is 612 g/mol. The highest BCUT2D eigenvalue weighted by molar-refractivity contribution is 5.94. The standard InChI is InChI=1S/C33H40N8O4/c1-21-18-22(19-25(34)29(21)39-35)20-28(30(42)40-14-9-23(10-15-40)26-7-4-5-13-36-26)45-32(44)41-16-11-33(12-17-41)24-6-2-3-8-27(24)37-31(43)38-33/h2-8,13,18-19,23,28,39H,9-12,14-17,20,34-35H2,1H3,(H2,37,38,43). The minimum atomic E-state index is -1.03. The SMILES string of the molecule is Cc1cc(CC(OC(=O)N2CCC3(CC2)NC(=O)Nc2ccccc23)C(=O)N2CCC(c3ccccn3)CC2)cc(N)c1NN. The largest absolute Gasteiger partial charge is 0.436 e. The van der Waals surface area contributed by atoms with E-state index in [0.29, 0.717) is 50.4 Å². The number of hydrazine groups is 1. The van der Waals surface area contributed by atoms with Crippen molar-refractivity contribution in [3.05, 3.63) is 83.2 Å². The second-order valence-corrected chi connectivity index (χ2v) is 12.1. The lowest BCUT2D eigenvalue weighted by Crippen LogP contribution is -2.58. The van der Waals surface area contributed by atoms with E-state index >= 15 is 0 Å². The van der Waals surface area contributed by atoms with Gasteiger partial charge in [-0.25, -0.2) is 9.59 Å². The van der Waals surface area contributed by atoms with E-state index in [-0.39, 0.29) is 24.3 Å². The Labute approximate surface area is 262 Å². The van der Waals surface area contributed by atoms with Crippen LogP contribution in [0.25, 0.3) is 0 Å². The fourth-order valence-corrected chi connectivity index (χ4v) is 6.93. The Morgan fingerprint density at radius 2 is 1.80 bits per heavy atom. The zero-order valence-corrected chi connectivity index (χ0v) is 25.4. The van der Waals surface area contributed by atoms with Crippen LogP contribution in [0.4, 0.5) is 26.7 Å². The van der Waals surface area contributed by atoms with Crippen molar-refractivity contribution in [2.75, 3.05) is 42.7 Å². The Balaban J connectivity index is 1.17. The van der Waals surface area contributed by atoms with Crippen molar-refractivity contribution in [2.24, 2.45) is 5.84 Å². The number of urea groups is 1. The van der Waals surface area contributed by atoms with Crippen LogP contribution in [0.3, 0.4) is 0 Å². The normalized spacial score (nSPS) is 18.4. The van der Waals surface area contributed by atoms with Crippen molar-refractivity contribution < 1.29 is 19.1 Å². The molecule has 12 heteroatoms. The van der Waals surface area contributed by atoms with E-state index in [0.717, 1.165) is 40.9 Å². The molecule has 4 amide bonds. The van der Waals surface area contributed by atoms with Gasteiger partial charge >= 0.3 is 12.1 Å². The highest BCUT2D eigenvalue weighted by atomic mass is 16.6. The smallest absolute Gasteiger partial charge is 0.410 e. The van der Waals surface area contributed by atoms with E-state index in [1.54, 1.807) is 22.1 Å². The van der Waals surface area contributed by atoms with Gasteiger partial charge in [-0.15, -0.1) is 0 Å². The number of hydrogen-bond acceptors (Lipinski definition) is 8. The Morgan fingerprint density at radius 1 is 1.07 bits per heavy atom. The molecule has 1 unspecified atom stereocenters. The molecular weight excluding hydrogens is 572 g/mol. The summed E-state index contributed by atoms with van der Waals surface area (Å²) in [6, 6.07) is 17.0. The number of nitrogens with zero attached hydrogens (tertiary/aromatic N) is 3. The number of fused-ring (bicyclic) bond motifs is 2. The maximum absolute atomic E-state index is 14.0. The number of carbonyl (C=O) groups excluding carboxylic acids is 3. The number of anilines is 3. The first kappa shape index (κ1) is 30.2. The zero-order valence-electron chi connectivity index (χ0n) is 25.4. The quantitative estimate of drug-likeness (QED) is 0.159. The number of hydrogen-bond donors (Lipinski definition) is 5. The second kappa shape index (κ2) is 12.6. The molecule has 2 aromatic carbocycles. The van der Waals surface area contributed by atoms with Crippen LogP contribution in [0.2, 0.25) is 0 Å². The summed E-state index contributed by atoms with van der Waals surface area (Å²) < 4.78 is 6.03. The number of ether oxygens (including phenoxy) is 1. The van der Waals surface area contributed by atoms with Crippen LogP contribution in [0.1, 0.15) is 54.0 Å². The van der Waals surface area contributed by atoms with Crippen LogP contribution in [-0.2, 0) is 21.5 Å². The summed E-state index contributed by atoms with van der Waals surface area (Å²) in [5.41, 5.74) is 13.7. The van der Waals surface area contributed by atoms with E-state index in [2.05, 4.69) is 21.0 Å². The van der Waals surface area contributed by atoms with Crippen LogP contribution in [0, 0.1) is 6.92 Å². The van der Waals surface area contributed by atoms with E-state index in [1.165, 1.54) is 0 Å². The van der Waals surface area contributed by atoms with E-state index in [9.17, 15) is 14.4 Å². The van der Waals surface area contributed by atoms with Gasteiger partial charge in [0.25, 0.3) is 5.91 Å². The van der Waals surface area contributed by atoms with Gasteiger partial charge in [0.1, 0.15) is 0 Å². The van der Waals surface area contributed by atoms with Gasteiger partial charge in [-0.3, -0.25) is 15.6 Å². The Morgan fingerprint density at radius 3 is 2.49 bits per heavy atom. The number of rotatable bonds is 6. The van der Waals surface area contributed by atoms with Gasteiger partial charge in [0, 0.05) is 61.7 Å². The first-order chi connectivity index (χ1) is 21.8. The van der Waals surface area contributed by atoms with Crippen molar-refractivity contribution in [1.29, 1.82) is 0 Å². The number of nitrogen functional groups attached to an aromatic ring is 2. The molecule has 45 heavy (non-hydrogen) atoms. The third-order valence-corrected chi connectivity index (χ3v) is 9.34. The van der Waals surface area contributed by atoms with Crippen LogP contribution >= 0.6 is 0 Å². The van der Waals surface area contributed by atoms with Crippen LogP contribution in [0.15, 0.2) is 60.8 Å². The molecule has 0 aliphatic carbocycles. The molecule has 1 atom stereocenters. The van der Waals surface area contributed by atoms with E-state index in [1.807, 2.05) is 55.5 Å². The predicted octanol–water partition coefficient (Wildman–Crippen LogP) is 3.84. The number of amides is 4. The van der Waals surface area contributed by atoms with Crippen molar-refractivity contribution in [3.63, 3.8) is 0 Å². The molecule has 1 aromatic heterocycles. The molecule has 0 radical (unpaired) electrons. The highest BCUT2D eigenvalue weighted by Gasteiger charge is 2.43. The zero-order chi connectivity index (χ0) is 31.6. The van der Waals surface area contributed by atoms with Gasteiger partial charge in [0.05, 0.1) is 16.9 Å². The van der Waals surface area contributed by atoms with E-state index < -0.39 is 17.7 Å². The summed E-state index contributed by atoms with van der Waals surface area (Å²) in [6.45, 7) is 3.70. The molecule has 0 saturated carbocycles. The highest BCUT2D eigenvalue weighted by Crippen LogP contribution is 2.40. The lowest BCUT2D eigenvalue weighted by molar-refractivity contribution is -0.142. The molecule has 3 aliphatic heterocycles. The Bertz CT molecular complexity index is 1540. The van der Waals surface area contributed by atoms with Crippen molar-refractivity contribution in [2.45, 2.75) is 56.6 Å². The average Bonchev–Trinajstić information content (AvgIpc) is 3.05. The van der Waals surface area contributed by atoms with Gasteiger partial charge in [-0.05, 0) is 68.0 Å². The van der Waals surface area contributed by atoms with Gasteiger partial charge in [-0.1, -0.05) is 30.3 Å². The molecule has 236 valence electrons. The molecule has 3 aromatic rings. The number of nitrogens with two attached hydrogens (primary N) is 2. The number of benzene rings is 2. The number of pyridine rings is 1. The molecule has 0 bridgehead atoms. The molecule has 1 spiro atoms. The molecule has 4 heterocycles. The van der Waals surface area contributed by atoms with E-state index in [4.69, 9.17) is 16.3 Å².